The molecule has 2 saturated heterocycles. The maximum atomic E-state index is 13.5. The first-order valence-corrected chi connectivity index (χ1v) is 12.2. The Morgan fingerprint density at radius 1 is 0.943 bits per heavy atom. The summed E-state index contributed by atoms with van der Waals surface area (Å²) in [5.41, 5.74) is 1.38. The summed E-state index contributed by atoms with van der Waals surface area (Å²) in [5.74, 6) is 1.27. The summed E-state index contributed by atoms with van der Waals surface area (Å²) >= 11 is 0. The Balaban J connectivity index is 1.38. The van der Waals surface area contributed by atoms with Crippen molar-refractivity contribution in [1.29, 1.82) is 0 Å². The van der Waals surface area contributed by atoms with E-state index < -0.39 is 11.7 Å². The molecule has 0 N–H and O–H groups in total. The van der Waals surface area contributed by atoms with Crippen LogP contribution in [0.5, 0.6) is 0 Å². The molecule has 0 saturated carbocycles. The van der Waals surface area contributed by atoms with Gasteiger partial charge in [0.1, 0.15) is 5.82 Å². The second-order valence-corrected chi connectivity index (χ2v) is 9.57. The summed E-state index contributed by atoms with van der Waals surface area (Å²) in [5, 5.41) is 0.849. The number of piperazine rings is 1. The molecule has 5 rings (SSSR count). The van der Waals surface area contributed by atoms with E-state index in [1.165, 1.54) is 12.1 Å². The maximum Gasteiger partial charge on any atom is 0.416 e. The lowest BCUT2D eigenvalue weighted by atomic mass is 9.98. The number of likely N-dealkylation sites (tertiary alicyclic amines) is 1. The number of pyridine rings is 1. The molecule has 0 bridgehead atoms. The summed E-state index contributed by atoms with van der Waals surface area (Å²) in [6.07, 6.45) is -2.20. The van der Waals surface area contributed by atoms with Gasteiger partial charge in [-0.2, -0.15) is 13.2 Å². The number of para-hydroxylation sites is 1. The molecular weight excluding hydrogens is 453 g/mol. The molecule has 35 heavy (non-hydrogen) atoms. The van der Waals surface area contributed by atoms with Gasteiger partial charge in [-0.15, -0.1) is 0 Å². The van der Waals surface area contributed by atoms with Gasteiger partial charge >= 0.3 is 6.18 Å². The van der Waals surface area contributed by atoms with E-state index >= 15 is 0 Å². The number of hydrogen-bond donors (Lipinski definition) is 0. The summed E-state index contributed by atoms with van der Waals surface area (Å²) in [7, 11) is 0. The van der Waals surface area contributed by atoms with Gasteiger partial charge in [0.05, 0.1) is 16.6 Å². The second-order valence-electron chi connectivity index (χ2n) is 9.57. The smallest absolute Gasteiger partial charge is 0.368 e. The standard InChI is InChI=1S/C27H29F3N4O/c1-19-6-5-11-34(18-19)26(35)23-17-25(31-24-10-3-2-9-22(23)24)33-14-12-32(13-15-33)21-8-4-7-20(16-21)27(28,29)30/h2-4,7-10,16-17,19H,5-6,11-15,18H2,1H3/t19-/m0/s1. The molecule has 5 nitrogen and oxygen atoms in total. The van der Waals surface area contributed by atoms with Gasteiger partial charge in [-0.25, -0.2) is 4.98 Å². The van der Waals surface area contributed by atoms with Crippen LogP contribution in [0, 0.1) is 5.92 Å². The highest BCUT2D eigenvalue weighted by atomic mass is 19.4. The number of benzene rings is 2. The first-order valence-electron chi connectivity index (χ1n) is 12.2. The molecule has 1 atom stereocenters. The zero-order chi connectivity index (χ0) is 24.6. The van der Waals surface area contributed by atoms with Crippen molar-refractivity contribution in [2.45, 2.75) is 25.9 Å². The summed E-state index contributed by atoms with van der Waals surface area (Å²) in [6.45, 7) is 6.07. The van der Waals surface area contributed by atoms with Gasteiger partial charge in [0.25, 0.3) is 5.91 Å². The molecule has 2 aliphatic heterocycles. The molecular formula is C27H29F3N4O. The fourth-order valence-electron chi connectivity index (χ4n) is 5.12. The van der Waals surface area contributed by atoms with Crippen LogP contribution in [0.3, 0.4) is 0 Å². The van der Waals surface area contributed by atoms with E-state index in [0.29, 0.717) is 43.3 Å². The number of carbonyl (C=O) groups is 1. The molecule has 3 aromatic rings. The molecule has 184 valence electrons. The van der Waals surface area contributed by atoms with E-state index in [4.69, 9.17) is 4.98 Å². The van der Waals surface area contributed by atoms with E-state index in [-0.39, 0.29) is 5.91 Å². The van der Waals surface area contributed by atoms with E-state index in [1.807, 2.05) is 40.1 Å². The highest BCUT2D eigenvalue weighted by Crippen LogP contribution is 2.32. The lowest BCUT2D eigenvalue weighted by Gasteiger charge is -2.37. The summed E-state index contributed by atoms with van der Waals surface area (Å²) in [6, 6.07) is 15.1. The molecule has 0 spiro atoms. The molecule has 0 radical (unpaired) electrons. The molecule has 0 aliphatic carbocycles. The number of halogens is 3. The molecule has 0 unspecified atom stereocenters. The minimum Gasteiger partial charge on any atom is -0.368 e. The highest BCUT2D eigenvalue weighted by molar-refractivity contribution is 6.07. The average molecular weight is 483 g/mol. The molecule has 2 aliphatic rings. The van der Waals surface area contributed by atoms with Crippen molar-refractivity contribution in [2.24, 2.45) is 5.92 Å². The van der Waals surface area contributed by atoms with Crippen LogP contribution in [-0.4, -0.2) is 55.1 Å². The Hall–Kier alpha value is -3.29. The monoisotopic (exact) mass is 482 g/mol. The Bertz CT molecular complexity index is 1220. The Morgan fingerprint density at radius 3 is 2.43 bits per heavy atom. The number of piperidine rings is 1. The fourth-order valence-corrected chi connectivity index (χ4v) is 5.12. The number of alkyl halides is 3. The molecule has 8 heteroatoms. The highest BCUT2D eigenvalue weighted by Gasteiger charge is 2.31. The van der Waals surface area contributed by atoms with Crippen LogP contribution >= 0.6 is 0 Å². The number of anilines is 2. The molecule has 3 heterocycles. The van der Waals surface area contributed by atoms with Gasteiger partial charge < -0.3 is 14.7 Å². The number of nitrogens with zero attached hydrogens (tertiary/aromatic N) is 4. The molecule has 2 fully saturated rings. The van der Waals surface area contributed by atoms with Crippen LogP contribution in [0.1, 0.15) is 35.7 Å². The normalized spacial score (nSPS) is 19.3. The van der Waals surface area contributed by atoms with Crippen LogP contribution in [0.2, 0.25) is 0 Å². The first kappa shape index (κ1) is 23.5. The van der Waals surface area contributed by atoms with Crippen molar-refractivity contribution in [3.63, 3.8) is 0 Å². The fraction of sp³-hybridized carbons (Fsp3) is 0.407. The molecule has 1 amide bonds. The number of aromatic nitrogens is 1. The van der Waals surface area contributed by atoms with Crippen molar-refractivity contribution in [3.8, 4) is 0 Å². The van der Waals surface area contributed by atoms with Crippen molar-refractivity contribution in [3.05, 3.63) is 65.7 Å². The Labute approximate surface area is 203 Å². The number of amides is 1. The third-order valence-electron chi connectivity index (χ3n) is 7.02. The van der Waals surface area contributed by atoms with Gasteiger partial charge in [-0.3, -0.25) is 4.79 Å². The minimum atomic E-state index is -4.36. The quantitative estimate of drug-likeness (QED) is 0.498. The third-order valence-corrected chi connectivity index (χ3v) is 7.02. The largest absolute Gasteiger partial charge is 0.416 e. The van der Waals surface area contributed by atoms with Gasteiger partial charge in [-0.05, 0) is 49.1 Å². The molecule has 1 aromatic heterocycles. The van der Waals surface area contributed by atoms with Crippen LogP contribution in [0.15, 0.2) is 54.6 Å². The van der Waals surface area contributed by atoms with Gasteiger partial charge in [0, 0.05) is 50.3 Å². The predicted octanol–water partition coefficient (Wildman–Crippen LogP) is 5.45. The Kier molecular flexibility index (Phi) is 6.30. The van der Waals surface area contributed by atoms with Crippen LogP contribution < -0.4 is 9.80 Å². The summed E-state index contributed by atoms with van der Waals surface area (Å²) in [4.78, 5) is 24.4. The van der Waals surface area contributed by atoms with Crippen LogP contribution in [-0.2, 0) is 6.18 Å². The lowest BCUT2D eigenvalue weighted by Crippen LogP contribution is -2.47. The van der Waals surface area contributed by atoms with Crippen molar-refractivity contribution >= 4 is 28.3 Å². The number of hydrogen-bond acceptors (Lipinski definition) is 4. The number of carbonyl (C=O) groups excluding carboxylic acids is 1. The minimum absolute atomic E-state index is 0.0407. The number of fused-ring (bicyclic) bond motifs is 1. The lowest BCUT2D eigenvalue weighted by molar-refractivity contribution is -0.137. The predicted molar refractivity (Wildman–Crippen MR) is 132 cm³/mol. The summed E-state index contributed by atoms with van der Waals surface area (Å²) < 4.78 is 39.4. The van der Waals surface area contributed by atoms with E-state index in [9.17, 15) is 18.0 Å². The van der Waals surface area contributed by atoms with Crippen molar-refractivity contribution in [1.82, 2.24) is 9.88 Å². The van der Waals surface area contributed by atoms with Crippen LogP contribution in [0.25, 0.3) is 10.9 Å². The van der Waals surface area contributed by atoms with Gasteiger partial charge in [-0.1, -0.05) is 31.2 Å². The SMILES string of the molecule is C[C@H]1CCCN(C(=O)c2cc(N3CCN(c4cccc(C(F)(F)F)c4)CC3)nc3ccccc23)C1. The Morgan fingerprint density at radius 2 is 1.69 bits per heavy atom. The average Bonchev–Trinajstić information content (AvgIpc) is 2.87. The number of rotatable bonds is 3. The molecule has 2 aromatic carbocycles. The van der Waals surface area contributed by atoms with Gasteiger partial charge in [0.2, 0.25) is 0 Å². The second kappa shape index (κ2) is 9.40. The van der Waals surface area contributed by atoms with E-state index in [2.05, 4.69) is 11.8 Å². The maximum absolute atomic E-state index is 13.5. The van der Waals surface area contributed by atoms with Crippen molar-refractivity contribution < 1.29 is 18.0 Å². The zero-order valence-corrected chi connectivity index (χ0v) is 19.8. The third kappa shape index (κ3) is 4.92. The van der Waals surface area contributed by atoms with E-state index in [1.54, 1.807) is 6.07 Å². The first-order chi connectivity index (χ1) is 16.8. The van der Waals surface area contributed by atoms with E-state index in [0.717, 1.165) is 48.7 Å². The topological polar surface area (TPSA) is 39.7 Å². The van der Waals surface area contributed by atoms with Crippen LogP contribution in [0.4, 0.5) is 24.7 Å². The zero-order valence-electron chi connectivity index (χ0n) is 19.8. The van der Waals surface area contributed by atoms with Gasteiger partial charge in [0.15, 0.2) is 0 Å². The van der Waals surface area contributed by atoms with Crippen molar-refractivity contribution in [2.75, 3.05) is 49.1 Å².